The van der Waals surface area contributed by atoms with Gasteiger partial charge >= 0.3 is 0 Å². The van der Waals surface area contributed by atoms with Gasteiger partial charge in [0.2, 0.25) is 0 Å². The highest BCUT2D eigenvalue weighted by molar-refractivity contribution is 5.69. The predicted octanol–water partition coefficient (Wildman–Crippen LogP) is 4.71. The first-order valence-electron chi connectivity index (χ1n) is 9.99. The van der Waals surface area contributed by atoms with Gasteiger partial charge < -0.3 is 9.64 Å². The topological polar surface area (TPSA) is 12.5 Å². The highest BCUT2D eigenvalue weighted by Gasteiger charge is 2.47. The molecule has 3 saturated heterocycles. The standard InChI is InChI=1S/C24H27NO/c1-2-4-18(5-3-1)6-7-19-8-10-20(11-9-19)17-26-24-22-12-21-13-23(24)16-25(14-21)15-22/h1-11,21-24H,12-17H2. The van der Waals surface area contributed by atoms with Gasteiger partial charge in [-0.2, -0.15) is 0 Å². The smallest absolute Gasteiger partial charge is 0.0720 e. The summed E-state index contributed by atoms with van der Waals surface area (Å²) >= 11 is 0. The minimum Gasteiger partial charge on any atom is -0.373 e. The monoisotopic (exact) mass is 345 g/mol. The van der Waals surface area contributed by atoms with Crippen LogP contribution in [-0.2, 0) is 11.3 Å². The Morgan fingerprint density at radius 2 is 1.46 bits per heavy atom. The molecule has 3 aliphatic heterocycles. The Balaban J connectivity index is 1.19. The lowest BCUT2D eigenvalue weighted by atomic mass is 9.66. The molecule has 1 saturated carbocycles. The number of ether oxygens (including phenoxy) is 1. The molecular formula is C24H27NO. The Morgan fingerprint density at radius 3 is 2.12 bits per heavy atom. The Bertz CT molecular complexity index is 737. The van der Waals surface area contributed by atoms with Gasteiger partial charge in [-0.05, 0) is 47.3 Å². The van der Waals surface area contributed by atoms with Crippen molar-refractivity contribution in [3.8, 4) is 0 Å². The summed E-state index contributed by atoms with van der Waals surface area (Å²) in [5.41, 5.74) is 3.76. The Kier molecular flexibility index (Phi) is 4.40. The SMILES string of the molecule is C(=Cc1ccc(COC2C3CC4CC2CN(C4)C3)cc1)c1ccccc1. The van der Waals surface area contributed by atoms with Crippen LogP contribution in [0, 0.1) is 17.8 Å². The molecule has 2 nitrogen and oxygen atoms in total. The van der Waals surface area contributed by atoms with Gasteiger partial charge in [0.1, 0.15) is 0 Å². The van der Waals surface area contributed by atoms with Gasteiger partial charge in [-0.25, -0.2) is 0 Å². The molecule has 4 fully saturated rings. The zero-order chi connectivity index (χ0) is 17.3. The maximum atomic E-state index is 6.43. The fraction of sp³-hybridized carbons (Fsp3) is 0.417. The van der Waals surface area contributed by atoms with Gasteiger partial charge in [-0.15, -0.1) is 0 Å². The molecule has 3 heterocycles. The lowest BCUT2D eigenvalue weighted by Crippen LogP contribution is -2.60. The summed E-state index contributed by atoms with van der Waals surface area (Å²) in [4.78, 5) is 2.67. The van der Waals surface area contributed by atoms with Crippen LogP contribution in [0.1, 0.15) is 29.5 Å². The summed E-state index contributed by atoms with van der Waals surface area (Å²) in [5, 5.41) is 0. The zero-order valence-corrected chi connectivity index (χ0v) is 15.3. The number of hydrogen-bond donors (Lipinski definition) is 0. The van der Waals surface area contributed by atoms with Crippen LogP contribution in [0.4, 0.5) is 0 Å². The van der Waals surface area contributed by atoms with Crippen molar-refractivity contribution in [3.05, 3.63) is 71.3 Å². The largest absolute Gasteiger partial charge is 0.373 e. The van der Waals surface area contributed by atoms with Crippen LogP contribution in [0.3, 0.4) is 0 Å². The van der Waals surface area contributed by atoms with Crippen LogP contribution in [0.25, 0.3) is 12.2 Å². The Morgan fingerprint density at radius 1 is 0.808 bits per heavy atom. The second kappa shape index (κ2) is 7.02. The molecular weight excluding hydrogens is 318 g/mol. The molecule has 2 unspecified atom stereocenters. The first-order chi connectivity index (χ1) is 12.8. The highest BCUT2D eigenvalue weighted by Crippen LogP contribution is 2.44. The van der Waals surface area contributed by atoms with Crippen LogP contribution < -0.4 is 0 Å². The first kappa shape index (κ1) is 16.3. The fourth-order valence-electron chi connectivity index (χ4n) is 5.31. The molecule has 4 bridgehead atoms. The summed E-state index contributed by atoms with van der Waals surface area (Å²) in [6.45, 7) is 4.63. The number of hydrogen-bond acceptors (Lipinski definition) is 2. The molecule has 0 aromatic heterocycles. The molecule has 2 atom stereocenters. The molecule has 0 N–H and O–H groups in total. The maximum Gasteiger partial charge on any atom is 0.0720 e. The van der Waals surface area contributed by atoms with E-state index in [2.05, 4.69) is 65.6 Å². The van der Waals surface area contributed by atoms with Crippen molar-refractivity contribution in [1.29, 1.82) is 0 Å². The van der Waals surface area contributed by atoms with Crippen molar-refractivity contribution in [3.63, 3.8) is 0 Å². The number of rotatable bonds is 5. The van der Waals surface area contributed by atoms with Gasteiger partial charge in [-0.1, -0.05) is 66.7 Å². The van der Waals surface area contributed by atoms with Crippen LogP contribution in [-0.4, -0.2) is 30.6 Å². The average Bonchev–Trinajstić information content (AvgIpc) is 2.67. The molecule has 0 amide bonds. The molecule has 1 aliphatic carbocycles. The molecule has 26 heavy (non-hydrogen) atoms. The molecule has 0 spiro atoms. The number of nitrogens with zero attached hydrogens (tertiary/aromatic N) is 1. The summed E-state index contributed by atoms with van der Waals surface area (Å²) in [6, 6.07) is 19.3. The maximum absolute atomic E-state index is 6.43. The van der Waals surface area contributed by atoms with E-state index in [0.717, 1.165) is 24.4 Å². The molecule has 2 heteroatoms. The number of benzene rings is 2. The van der Waals surface area contributed by atoms with E-state index in [-0.39, 0.29) is 0 Å². The summed E-state index contributed by atoms with van der Waals surface area (Å²) in [6.07, 6.45) is 7.60. The van der Waals surface area contributed by atoms with Crippen molar-refractivity contribution >= 4 is 12.2 Å². The summed E-state index contributed by atoms with van der Waals surface area (Å²) in [5.74, 6) is 2.49. The molecule has 0 radical (unpaired) electrons. The van der Waals surface area contributed by atoms with Crippen LogP contribution >= 0.6 is 0 Å². The Labute approximate surface area is 156 Å². The second-order valence-corrected chi connectivity index (χ2v) is 8.34. The van der Waals surface area contributed by atoms with E-state index in [4.69, 9.17) is 4.74 Å². The fourth-order valence-corrected chi connectivity index (χ4v) is 5.31. The molecule has 2 aromatic carbocycles. The van der Waals surface area contributed by atoms with Gasteiger partial charge in [0.05, 0.1) is 12.7 Å². The van der Waals surface area contributed by atoms with Crippen LogP contribution in [0.2, 0.25) is 0 Å². The highest BCUT2D eigenvalue weighted by atomic mass is 16.5. The first-order valence-corrected chi connectivity index (χ1v) is 9.99. The van der Waals surface area contributed by atoms with E-state index in [1.54, 1.807) is 0 Å². The predicted molar refractivity (Wildman–Crippen MR) is 107 cm³/mol. The molecule has 4 aliphatic rings. The van der Waals surface area contributed by atoms with Crippen molar-refractivity contribution in [2.45, 2.75) is 25.6 Å². The third-order valence-corrected chi connectivity index (χ3v) is 6.39. The quantitative estimate of drug-likeness (QED) is 0.728. The van der Waals surface area contributed by atoms with Gasteiger partial charge in [-0.3, -0.25) is 0 Å². The normalized spacial score (nSPS) is 32.4. The molecule has 2 aromatic rings. The van der Waals surface area contributed by atoms with Crippen molar-refractivity contribution in [2.75, 3.05) is 19.6 Å². The van der Waals surface area contributed by atoms with Crippen molar-refractivity contribution in [2.24, 2.45) is 17.8 Å². The molecule has 134 valence electrons. The third-order valence-electron chi connectivity index (χ3n) is 6.39. The lowest BCUT2D eigenvalue weighted by Gasteiger charge is -2.55. The average molecular weight is 345 g/mol. The number of piperidine rings is 3. The zero-order valence-electron chi connectivity index (χ0n) is 15.3. The van der Waals surface area contributed by atoms with E-state index in [0.29, 0.717) is 6.10 Å². The lowest BCUT2D eigenvalue weighted by molar-refractivity contribution is -0.144. The van der Waals surface area contributed by atoms with E-state index in [1.807, 2.05) is 6.07 Å². The van der Waals surface area contributed by atoms with E-state index < -0.39 is 0 Å². The minimum atomic E-state index is 0.487. The van der Waals surface area contributed by atoms with E-state index >= 15 is 0 Å². The minimum absolute atomic E-state index is 0.487. The summed E-state index contributed by atoms with van der Waals surface area (Å²) < 4.78 is 6.43. The van der Waals surface area contributed by atoms with Crippen LogP contribution in [0.15, 0.2) is 54.6 Å². The van der Waals surface area contributed by atoms with Gasteiger partial charge in [0, 0.05) is 19.6 Å². The van der Waals surface area contributed by atoms with Gasteiger partial charge in [0.15, 0.2) is 0 Å². The van der Waals surface area contributed by atoms with Gasteiger partial charge in [0.25, 0.3) is 0 Å². The van der Waals surface area contributed by atoms with E-state index in [1.165, 1.54) is 49.2 Å². The van der Waals surface area contributed by atoms with E-state index in [9.17, 15) is 0 Å². The van der Waals surface area contributed by atoms with Crippen LogP contribution in [0.5, 0.6) is 0 Å². The Hall–Kier alpha value is -1.90. The molecule has 6 rings (SSSR count). The summed E-state index contributed by atoms with van der Waals surface area (Å²) in [7, 11) is 0. The second-order valence-electron chi connectivity index (χ2n) is 8.34. The van der Waals surface area contributed by atoms with Crippen molar-refractivity contribution in [1.82, 2.24) is 4.90 Å². The third kappa shape index (κ3) is 3.36. The van der Waals surface area contributed by atoms with Crippen molar-refractivity contribution < 1.29 is 4.74 Å².